The first-order valence-electron chi connectivity index (χ1n) is 9.32. The molecule has 1 nitrogen and oxygen atoms in total. The molecule has 0 spiro atoms. The number of hydrogen-bond donors (Lipinski definition) is 0. The maximum absolute atomic E-state index is 12.1. The predicted molar refractivity (Wildman–Crippen MR) is 97.3 cm³/mol. The van der Waals surface area contributed by atoms with E-state index in [2.05, 4.69) is 19.9 Å². The van der Waals surface area contributed by atoms with Gasteiger partial charge in [-0.15, -0.1) is 0 Å². The zero-order chi connectivity index (χ0) is 16.2. The minimum absolute atomic E-state index is 0.0770. The number of rotatable bonds is 12. The molecular weight excluding hydrogens is 292 g/mol. The Morgan fingerprint density at radius 1 is 0.955 bits per heavy atom. The van der Waals surface area contributed by atoms with Gasteiger partial charge in [0.25, 0.3) is 0 Å². The molecule has 22 heavy (non-hydrogen) atoms. The molecular formula is C20H33ClO. The third-order valence-electron chi connectivity index (χ3n) is 4.52. The highest BCUT2D eigenvalue weighted by Crippen LogP contribution is 2.33. The largest absolute Gasteiger partial charge is 0.288 e. The van der Waals surface area contributed by atoms with Gasteiger partial charge >= 0.3 is 0 Å². The molecule has 0 aliphatic heterocycles. The van der Waals surface area contributed by atoms with E-state index in [1.54, 1.807) is 0 Å². The molecule has 0 aromatic heterocycles. The number of halogens is 1. The van der Waals surface area contributed by atoms with E-state index < -0.39 is 0 Å². The van der Waals surface area contributed by atoms with Crippen molar-refractivity contribution in [3.8, 4) is 0 Å². The summed E-state index contributed by atoms with van der Waals surface area (Å²) in [5.41, 5.74) is 0.968. The number of Topliss-reactive ketones (excluding diaryl/α,β-unsaturated/α-hetero) is 1. The average Bonchev–Trinajstić information content (AvgIpc) is 2.78. The van der Waals surface area contributed by atoms with Crippen molar-refractivity contribution < 1.29 is 4.79 Å². The molecule has 1 aliphatic carbocycles. The molecule has 126 valence electrons. The van der Waals surface area contributed by atoms with Crippen molar-refractivity contribution in [1.82, 2.24) is 0 Å². The molecule has 0 N–H and O–H groups in total. The molecule has 0 radical (unpaired) electrons. The molecule has 2 heteroatoms. The summed E-state index contributed by atoms with van der Waals surface area (Å²) in [7, 11) is 0. The molecule has 1 unspecified atom stereocenters. The number of ketones is 1. The van der Waals surface area contributed by atoms with Crippen molar-refractivity contribution in [2.75, 3.05) is 0 Å². The van der Waals surface area contributed by atoms with Gasteiger partial charge in [-0.1, -0.05) is 95.4 Å². The summed E-state index contributed by atoms with van der Waals surface area (Å²) < 4.78 is 0. The second kappa shape index (κ2) is 11.9. The van der Waals surface area contributed by atoms with Crippen LogP contribution < -0.4 is 0 Å². The first kappa shape index (κ1) is 19.5. The third kappa shape index (κ3) is 7.13. The fraction of sp³-hybridized carbons (Fsp3) is 0.750. The molecule has 0 saturated carbocycles. The zero-order valence-corrected chi connectivity index (χ0v) is 15.3. The van der Waals surface area contributed by atoms with E-state index in [0.29, 0.717) is 5.03 Å². The van der Waals surface area contributed by atoms with E-state index in [0.717, 1.165) is 18.4 Å². The minimum atomic E-state index is 0.0770. The van der Waals surface area contributed by atoms with Crippen molar-refractivity contribution in [2.45, 2.75) is 90.9 Å². The highest BCUT2D eigenvalue weighted by molar-refractivity contribution is 6.46. The van der Waals surface area contributed by atoms with Crippen LogP contribution in [0, 0.1) is 5.92 Å². The molecule has 0 aromatic carbocycles. The van der Waals surface area contributed by atoms with Crippen LogP contribution in [0.3, 0.4) is 0 Å². The van der Waals surface area contributed by atoms with Crippen LogP contribution >= 0.6 is 11.6 Å². The van der Waals surface area contributed by atoms with Crippen LogP contribution in [0.25, 0.3) is 0 Å². The Morgan fingerprint density at radius 3 is 2.23 bits per heavy atom. The predicted octanol–water partition coefficient (Wildman–Crippen LogP) is 6.96. The first-order valence-corrected chi connectivity index (χ1v) is 9.70. The lowest BCUT2D eigenvalue weighted by Gasteiger charge is -2.10. The van der Waals surface area contributed by atoms with Gasteiger partial charge in [0.05, 0.1) is 5.03 Å². The molecule has 1 aliphatic rings. The average molecular weight is 325 g/mol. The van der Waals surface area contributed by atoms with Gasteiger partial charge in [0, 0.05) is 11.5 Å². The third-order valence-corrected chi connectivity index (χ3v) is 4.81. The van der Waals surface area contributed by atoms with Crippen LogP contribution in [-0.4, -0.2) is 5.78 Å². The maximum atomic E-state index is 12.1. The van der Waals surface area contributed by atoms with E-state index in [9.17, 15) is 4.79 Å². The van der Waals surface area contributed by atoms with E-state index in [4.69, 9.17) is 11.6 Å². The zero-order valence-electron chi connectivity index (χ0n) is 14.5. The lowest BCUT2D eigenvalue weighted by molar-refractivity contribution is -0.111. The van der Waals surface area contributed by atoms with Crippen molar-refractivity contribution in [3.05, 3.63) is 22.8 Å². The fourth-order valence-electron chi connectivity index (χ4n) is 3.10. The summed E-state index contributed by atoms with van der Waals surface area (Å²) in [4.78, 5) is 12.1. The maximum Gasteiger partial charge on any atom is 0.200 e. The Labute approximate surface area is 142 Å². The summed E-state index contributed by atoms with van der Waals surface area (Å²) >= 11 is 6.07. The SMILES string of the molecule is CCCCCCC=C1C(=O)C(Cl)=CC1CCCCCCCC. The summed E-state index contributed by atoms with van der Waals surface area (Å²) in [6.45, 7) is 4.47. The van der Waals surface area contributed by atoms with Gasteiger partial charge in [0.15, 0.2) is 5.78 Å². The molecule has 0 amide bonds. The molecule has 0 aromatic rings. The van der Waals surface area contributed by atoms with Crippen LogP contribution in [0.15, 0.2) is 22.8 Å². The van der Waals surface area contributed by atoms with Crippen LogP contribution in [-0.2, 0) is 4.79 Å². The fourth-order valence-corrected chi connectivity index (χ4v) is 3.37. The van der Waals surface area contributed by atoms with Crippen molar-refractivity contribution in [2.24, 2.45) is 5.92 Å². The monoisotopic (exact) mass is 324 g/mol. The van der Waals surface area contributed by atoms with Gasteiger partial charge in [0.1, 0.15) is 0 Å². The van der Waals surface area contributed by atoms with Gasteiger partial charge in [0.2, 0.25) is 0 Å². The number of allylic oxidation sites excluding steroid dienone is 4. The smallest absolute Gasteiger partial charge is 0.200 e. The normalized spacial score (nSPS) is 20.0. The Balaban J connectivity index is 2.34. The number of unbranched alkanes of at least 4 members (excludes halogenated alkanes) is 9. The van der Waals surface area contributed by atoms with Crippen molar-refractivity contribution >= 4 is 17.4 Å². The number of carbonyl (C=O) groups is 1. The van der Waals surface area contributed by atoms with E-state index >= 15 is 0 Å². The number of hydrogen-bond acceptors (Lipinski definition) is 1. The Kier molecular flexibility index (Phi) is 10.6. The first-order chi connectivity index (χ1) is 10.7. The van der Waals surface area contributed by atoms with Crippen LogP contribution in [0.2, 0.25) is 0 Å². The molecule has 0 bridgehead atoms. The highest BCUT2D eigenvalue weighted by Gasteiger charge is 2.27. The Hall–Kier alpha value is -0.560. The molecule has 0 fully saturated rings. The topological polar surface area (TPSA) is 17.1 Å². The molecule has 1 rings (SSSR count). The lowest BCUT2D eigenvalue weighted by atomic mass is 9.94. The summed E-state index contributed by atoms with van der Waals surface area (Å²) in [5.74, 6) is 0.352. The minimum Gasteiger partial charge on any atom is -0.288 e. The number of carbonyl (C=O) groups excluding carboxylic acids is 1. The second-order valence-corrected chi connectivity index (χ2v) is 6.92. The Bertz CT molecular complexity index is 381. The van der Waals surface area contributed by atoms with Crippen LogP contribution in [0.1, 0.15) is 90.9 Å². The summed E-state index contributed by atoms with van der Waals surface area (Å²) in [6, 6.07) is 0. The van der Waals surface area contributed by atoms with Crippen LogP contribution in [0.4, 0.5) is 0 Å². The standard InChI is InChI=1S/C20H33ClO/c1-3-5-7-9-11-12-14-17-16-19(21)20(22)18(17)15-13-10-8-6-4-2/h15-17H,3-14H2,1-2H3. The lowest BCUT2D eigenvalue weighted by Crippen LogP contribution is -2.04. The van der Waals surface area contributed by atoms with Gasteiger partial charge in [-0.25, -0.2) is 0 Å². The molecule has 0 saturated heterocycles. The quantitative estimate of drug-likeness (QED) is 0.280. The van der Waals surface area contributed by atoms with Gasteiger partial charge in [-0.3, -0.25) is 4.79 Å². The second-order valence-electron chi connectivity index (χ2n) is 6.52. The van der Waals surface area contributed by atoms with Gasteiger partial charge in [-0.2, -0.15) is 0 Å². The van der Waals surface area contributed by atoms with Crippen molar-refractivity contribution in [3.63, 3.8) is 0 Å². The summed E-state index contributed by atoms with van der Waals surface area (Å²) in [6.07, 6.45) is 19.0. The van der Waals surface area contributed by atoms with E-state index in [1.807, 2.05) is 6.08 Å². The highest BCUT2D eigenvalue weighted by atomic mass is 35.5. The van der Waals surface area contributed by atoms with E-state index in [1.165, 1.54) is 64.2 Å². The van der Waals surface area contributed by atoms with Crippen molar-refractivity contribution in [1.29, 1.82) is 0 Å². The Morgan fingerprint density at radius 2 is 1.55 bits per heavy atom. The molecule has 0 heterocycles. The van der Waals surface area contributed by atoms with Crippen LogP contribution in [0.5, 0.6) is 0 Å². The van der Waals surface area contributed by atoms with E-state index in [-0.39, 0.29) is 11.7 Å². The summed E-state index contributed by atoms with van der Waals surface area (Å²) in [5, 5.41) is 0.441. The molecule has 1 atom stereocenters. The van der Waals surface area contributed by atoms with Gasteiger partial charge in [-0.05, 0) is 19.3 Å². The van der Waals surface area contributed by atoms with Gasteiger partial charge < -0.3 is 0 Å².